The van der Waals surface area contributed by atoms with E-state index in [1.807, 2.05) is 0 Å². The second kappa shape index (κ2) is 6.69. The highest BCUT2D eigenvalue weighted by molar-refractivity contribution is 14.1. The molecule has 0 bridgehead atoms. The molecule has 24 heavy (non-hydrogen) atoms. The number of amidine groups is 1. The third-order valence-electron chi connectivity index (χ3n) is 3.32. The molecule has 0 saturated carbocycles. The Hall–Kier alpha value is -1.66. The van der Waals surface area contributed by atoms with E-state index < -0.39 is 54.4 Å². The Morgan fingerprint density at radius 3 is 2.71 bits per heavy atom. The summed E-state index contributed by atoms with van der Waals surface area (Å²) in [7, 11) is 0. The molecule has 0 saturated heterocycles. The van der Waals surface area contributed by atoms with Crippen LogP contribution in [-0.4, -0.2) is 36.1 Å². The van der Waals surface area contributed by atoms with E-state index in [0.29, 0.717) is 3.57 Å². The van der Waals surface area contributed by atoms with Crippen LogP contribution in [0.5, 0.6) is 0 Å². The number of carboxylic acid groups (broad SMARTS) is 1. The molecule has 0 aliphatic carbocycles. The van der Waals surface area contributed by atoms with Crippen LogP contribution in [0.2, 0.25) is 0 Å². The molecule has 132 valence electrons. The van der Waals surface area contributed by atoms with Gasteiger partial charge in [0.15, 0.2) is 11.6 Å². The predicted octanol–water partition coefficient (Wildman–Crippen LogP) is 3.57. The van der Waals surface area contributed by atoms with Crippen molar-refractivity contribution in [3.63, 3.8) is 0 Å². The van der Waals surface area contributed by atoms with Crippen LogP contribution in [-0.2, 0) is 10.3 Å². The fourth-order valence-corrected chi connectivity index (χ4v) is 2.75. The van der Waals surface area contributed by atoms with Crippen LogP contribution in [0, 0.1) is 9.39 Å². The highest BCUT2D eigenvalue weighted by Gasteiger charge is 2.52. The van der Waals surface area contributed by atoms with Crippen LogP contribution in [0.4, 0.5) is 26.7 Å². The second-order valence-electron chi connectivity index (χ2n) is 4.98. The van der Waals surface area contributed by atoms with Crippen molar-refractivity contribution in [3.8, 4) is 0 Å². The molecule has 0 radical (unpaired) electrons. The minimum atomic E-state index is -4.88. The minimum Gasteiger partial charge on any atom is -0.465 e. The van der Waals surface area contributed by atoms with Gasteiger partial charge in [0.1, 0.15) is 12.5 Å². The smallest absolute Gasteiger partial charge is 0.412 e. The number of hydrogen-bond donors (Lipinski definition) is 2. The minimum absolute atomic E-state index is 0.439. The quantitative estimate of drug-likeness (QED) is 0.520. The zero-order chi connectivity index (χ0) is 18.1. The zero-order valence-corrected chi connectivity index (χ0v) is 13.9. The first-order valence-electron chi connectivity index (χ1n) is 6.42. The number of nitrogens with one attached hydrogen (secondary N) is 1. The molecule has 1 aromatic rings. The molecule has 1 amide bonds. The summed E-state index contributed by atoms with van der Waals surface area (Å²) in [6.07, 6.45) is -7.64. The van der Waals surface area contributed by atoms with Crippen LogP contribution in [0.15, 0.2) is 23.2 Å². The van der Waals surface area contributed by atoms with Crippen molar-refractivity contribution in [1.29, 1.82) is 0 Å². The summed E-state index contributed by atoms with van der Waals surface area (Å²) >= 11 is 1.78. The molecule has 0 fully saturated rings. The number of rotatable bonds is 2. The van der Waals surface area contributed by atoms with E-state index in [1.54, 1.807) is 22.6 Å². The van der Waals surface area contributed by atoms with E-state index in [1.165, 1.54) is 11.4 Å². The summed E-state index contributed by atoms with van der Waals surface area (Å²) in [6.45, 7) is -1.50. The zero-order valence-electron chi connectivity index (χ0n) is 11.7. The van der Waals surface area contributed by atoms with Crippen LogP contribution in [0.1, 0.15) is 12.0 Å². The SMILES string of the molecule is O=C(O)NC1=N[C@H](C(F)(F)F)C[C@@](CF)(c2cc(I)ccc2F)O1. The van der Waals surface area contributed by atoms with E-state index in [-0.39, 0.29) is 0 Å². The number of hydrogen-bond acceptors (Lipinski definition) is 3. The van der Waals surface area contributed by atoms with Gasteiger partial charge >= 0.3 is 12.3 Å². The topological polar surface area (TPSA) is 70.9 Å². The standard InChI is InChI=1S/C13H10F5IN2O3/c14-5-12(7-3-6(19)1-2-8(7)15)4-9(13(16,17)18)20-10(24-12)21-11(22)23/h1-3,9H,4-5H2,(H,20,21)(H,22,23)/t9-,12+/m0/s1. The second-order valence-corrected chi connectivity index (χ2v) is 6.23. The van der Waals surface area contributed by atoms with Crippen LogP contribution in [0.3, 0.4) is 0 Å². The number of nitrogens with zero attached hydrogens (tertiary/aromatic N) is 1. The molecule has 2 atom stereocenters. The van der Waals surface area contributed by atoms with Crippen LogP contribution in [0.25, 0.3) is 0 Å². The van der Waals surface area contributed by atoms with E-state index in [2.05, 4.69) is 4.99 Å². The maximum absolute atomic E-state index is 14.1. The van der Waals surface area contributed by atoms with Gasteiger partial charge in [0.2, 0.25) is 0 Å². The maximum Gasteiger partial charge on any atom is 0.412 e. The van der Waals surface area contributed by atoms with E-state index >= 15 is 0 Å². The van der Waals surface area contributed by atoms with Gasteiger partial charge in [0.25, 0.3) is 6.02 Å². The summed E-state index contributed by atoms with van der Waals surface area (Å²) in [6, 6.07) is -0.0173. The average molecular weight is 464 g/mol. The van der Waals surface area contributed by atoms with Gasteiger partial charge in [0, 0.05) is 15.6 Å². The molecule has 1 aromatic carbocycles. The van der Waals surface area contributed by atoms with Crippen LogP contribution >= 0.6 is 22.6 Å². The summed E-state index contributed by atoms with van der Waals surface area (Å²) in [5.41, 5.74) is -2.78. The normalized spacial score (nSPS) is 24.1. The van der Waals surface area contributed by atoms with Crippen molar-refractivity contribution in [3.05, 3.63) is 33.1 Å². The number of ether oxygens (including phenoxy) is 1. The van der Waals surface area contributed by atoms with Crippen molar-refractivity contribution >= 4 is 34.7 Å². The lowest BCUT2D eigenvalue weighted by Gasteiger charge is -2.38. The van der Waals surface area contributed by atoms with Gasteiger partial charge in [-0.15, -0.1) is 0 Å². The predicted molar refractivity (Wildman–Crippen MR) is 80.9 cm³/mol. The molecule has 1 aliphatic heterocycles. The third kappa shape index (κ3) is 3.87. The summed E-state index contributed by atoms with van der Waals surface area (Å²) in [4.78, 5) is 13.8. The molecule has 2 N–H and O–H groups in total. The van der Waals surface area contributed by atoms with Crippen molar-refractivity contribution in [2.75, 3.05) is 6.67 Å². The Balaban J connectivity index is 2.55. The van der Waals surface area contributed by atoms with Crippen molar-refractivity contribution < 1.29 is 36.6 Å². The van der Waals surface area contributed by atoms with Crippen LogP contribution < -0.4 is 5.32 Å². The molecule has 11 heteroatoms. The number of alkyl halides is 4. The Labute approximate surface area is 146 Å². The Morgan fingerprint density at radius 2 is 2.17 bits per heavy atom. The molecule has 5 nitrogen and oxygen atoms in total. The van der Waals surface area contributed by atoms with Gasteiger partial charge in [-0.05, 0) is 40.8 Å². The fraction of sp³-hybridized carbons (Fsp3) is 0.385. The molecule has 2 rings (SSSR count). The Kier molecular flexibility index (Phi) is 5.20. The third-order valence-corrected chi connectivity index (χ3v) is 3.99. The van der Waals surface area contributed by atoms with Crippen molar-refractivity contribution in [2.24, 2.45) is 4.99 Å². The lowest BCUT2D eigenvalue weighted by atomic mass is 9.86. The van der Waals surface area contributed by atoms with Gasteiger partial charge in [-0.3, -0.25) is 0 Å². The summed E-state index contributed by atoms with van der Waals surface area (Å²) < 4.78 is 72.5. The lowest BCUT2D eigenvalue weighted by molar-refractivity contribution is -0.167. The molecular formula is C13H10F5IN2O3. The van der Waals surface area contributed by atoms with Gasteiger partial charge in [0.05, 0.1) is 0 Å². The number of carbonyl (C=O) groups is 1. The largest absolute Gasteiger partial charge is 0.465 e. The van der Waals surface area contributed by atoms with Gasteiger partial charge < -0.3 is 9.84 Å². The molecule has 0 spiro atoms. The number of amides is 1. The van der Waals surface area contributed by atoms with Gasteiger partial charge in [-0.1, -0.05) is 0 Å². The number of aliphatic imine (C=N–C) groups is 1. The Bertz CT molecular complexity index is 682. The number of halogens is 6. The fourth-order valence-electron chi connectivity index (χ4n) is 2.26. The first-order chi connectivity index (χ1) is 11.1. The first kappa shape index (κ1) is 18.7. The van der Waals surface area contributed by atoms with Gasteiger partial charge in [-0.25, -0.2) is 23.9 Å². The molecule has 0 aromatic heterocycles. The first-order valence-corrected chi connectivity index (χ1v) is 7.50. The molecule has 1 aliphatic rings. The van der Waals surface area contributed by atoms with E-state index in [0.717, 1.165) is 12.1 Å². The molecule has 0 unspecified atom stereocenters. The van der Waals surface area contributed by atoms with Crippen molar-refractivity contribution in [1.82, 2.24) is 5.32 Å². The van der Waals surface area contributed by atoms with E-state index in [9.17, 15) is 26.7 Å². The van der Waals surface area contributed by atoms with Crippen molar-refractivity contribution in [2.45, 2.75) is 24.2 Å². The maximum atomic E-state index is 14.1. The Morgan fingerprint density at radius 1 is 1.50 bits per heavy atom. The van der Waals surface area contributed by atoms with Gasteiger partial charge in [-0.2, -0.15) is 13.2 Å². The highest BCUT2D eigenvalue weighted by atomic mass is 127. The summed E-state index contributed by atoms with van der Waals surface area (Å²) in [5, 5.41) is 10.2. The molecule has 1 heterocycles. The molecular weight excluding hydrogens is 454 g/mol. The highest BCUT2D eigenvalue weighted by Crippen LogP contribution is 2.41. The van der Waals surface area contributed by atoms with E-state index in [4.69, 9.17) is 9.84 Å². The average Bonchev–Trinajstić information content (AvgIpc) is 2.47. The monoisotopic (exact) mass is 464 g/mol. The lowest BCUT2D eigenvalue weighted by Crippen LogP contribution is -2.50. The summed E-state index contributed by atoms with van der Waals surface area (Å²) in [5.74, 6) is -0.967. The number of benzene rings is 1.